The number of nitrogens with zero attached hydrogens (tertiary/aromatic N) is 1. The van der Waals surface area contributed by atoms with Gasteiger partial charge in [0.2, 0.25) is 5.90 Å². The van der Waals surface area contributed by atoms with Crippen molar-refractivity contribution in [3.63, 3.8) is 0 Å². The molecule has 2 atom stereocenters. The smallest absolute Gasteiger partial charge is 0.266 e. The largest absolute Gasteiger partial charge is 0.494 e. The summed E-state index contributed by atoms with van der Waals surface area (Å²) >= 11 is 3.54. The summed E-state index contributed by atoms with van der Waals surface area (Å²) in [5.74, 6) is 0.545. The first-order valence-electron chi connectivity index (χ1n) is 11.0. The Morgan fingerprint density at radius 3 is 2.53 bits per heavy atom. The van der Waals surface area contributed by atoms with Crippen LogP contribution in [0.4, 0.5) is 0 Å². The first-order chi connectivity index (χ1) is 16.4. The van der Waals surface area contributed by atoms with Crippen molar-refractivity contribution in [3.05, 3.63) is 64.1 Å². The van der Waals surface area contributed by atoms with Gasteiger partial charge >= 0.3 is 0 Å². The van der Waals surface area contributed by atoms with Crippen LogP contribution in [0.2, 0.25) is 0 Å². The van der Waals surface area contributed by atoms with Gasteiger partial charge in [0.05, 0.1) is 25.9 Å². The summed E-state index contributed by atoms with van der Waals surface area (Å²) in [4.78, 5) is 18.2. The fourth-order valence-electron chi connectivity index (χ4n) is 3.50. The van der Waals surface area contributed by atoms with Crippen molar-refractivity contribution in [2.45, 2.75) is 37.5 Å². The minimum absolute atomic E-state index is 0.0640. The second-order valence-corrected chi connectivity index (χ2v) is 8.83. The number of hydrogen-bond acceptors (Lipinski definition) is 8. The Hall–Kier alpha value is -2.50. The van der Waals surface area contributed by atoms with Gasteiger partial charge in [-0.3, -0.25) is 10.2 Å². The molecule has 0 saturated heterocycles. The van der Waals surface area contributed by atoms with Crippen LogP contribution in [0.3, 0.4) is 0 Å². The van der Waals surface area contributed by atoms with E-state index in [0.717, 1.165) is 10.0 Å². The molecule has 0 aromatic heterocycles. The molecule has 0 aliphatic carbocycles. The highest BCUT2D eigenvalue weighted by molar-refractivity contribution is 9.10. The molecular weight excluding hydrogens is 506 g/mol. The van der Waals surface area contributed by atoms with E-state index in [9.17, 15) is 15.0 Å². The van der Waals surface area contributed by atoms with Gasteiger partial charge in [-0.05, 0) is 42.8 Å². The molecular formula is C24H30BrN3O6. The summed E-state index contributed by atoms with van der Waals surface area (Å²) in [5.41, 5.74) is 5.53. The molecule has 0 unspecified atom stereocenters. The summed E-state index contributed by atoms with van der Waals surface area (Å²) in [5, 5.41) is 27.5. The molecule has 0 spiro atoms. The Kier molecular flexibility index (Phi) is 9.43. The van der Waals surface area contributed by atoms with E-state index >= 15 is 0 Å². The number of ether oxygens (including phenoxy) is 2. The van der Waals surface area contributed by atoms with Gasteiger partial charge in [-0.1, -0.05) is 34.1 Å². The van der Waals surface area contributed by atoms with Crippen LogP contribution in [0.5, 0.6) is 5.75 Å². The van der Waals surface area contributed by atoms with E-state index in [-0.39, 0.29) is 26.2 Å². The van der Waals surface area contributed by atoms with E-state index in [4.69, 9.17) is 19.6 Å². The van der Waals surface area contributed by atoms with Crippen LogP contribution in [-0.4, -0.2) is 71.2 Å². The number of hydrogen-bond donors (Lipinski definition) is 5. The second kappa shape index (κ2) is 12.3. The lowest BCUT2D eigenvalue weighted by Crippen LogP contribution is -2.58. The first kappa shape index (κ1) is 26.1. The van der Waals surface area contributed by atoms with E-state index in [1.165, 1.54) is 0 Å². The number of carbonyl (C=O) groups excluding carboxylic acids is 1. The van der Waals surface area contributed by atoms with Gasteiger partial charge < -0.3 is 24.8 Å². The Morgan fingerprint density at radius 2 is 1.88 bits per heavy atom. The van der Waals surface area contributed by atoms with Crippen molar-refractivity contribution >= 4 is 27.7 Å². The Balaban J connectivity index is 1.89. The highest BCUT2D eigenvalue weighted by Crippen LogP contribution is 2.34. The summed E-state index contributed by atoms with van der Waals surface area (Å²) in [6.45, 7) is 1.57. The molecule has 3 rings (SSSR count). The number of hydrazine groups is 1. The maximum absolute atomic E-state index is 13.4. The molecule has 1 heterocycles. The number of aliphatic hydroxyl groups excluding tert-OH is 3. The highest BCUT2D eigenvalue weighted by Gasteiger charge is 2.50. The maximum Gasteiger partial charge on any atom is 0.266 e. The third-order valence-electron chi connectivity index (χ3n) is 5.58. The predicted molar refractivity (Wildman–Crippen MR) is 131 cm³/mol. The van der Waals surface area contributed by atoms with Gasteiger partial charge in [-0.2, -0.15) is 0 Å². The summed E-state index contributed by atoms with van der Waals surface area (Å²) in [6, 6.07) is 14.1. The summed E-state index contributed by atoms with van der Waals surface area (Å²) < 4.78 is 12.5. The normalized spacial score (nSPS) is 19.6. The molecule has 1 amide bonds. The zero-order valence-electron chi connectivity index (χ0n) is 18.9. The van der Waals surface area contributed by atoms with Crippen LogP contribution >= 0.6 is 15.9 Å². The Labute approximate surface area is 206 Å². The van der Waals surface area contributed by atoms with E-state index in [1.807, 2.05) is 24.3 Å². The standard InChI is InChI=1S/C24H30BrN3O6/c1-16-24(13-18-5-2-3-6-21(18)25,23(32)28-27-19(14-30)15-31)26-22(34-16)17-7-9-20(10-8-17)33-12-4-11-29/h2-3,5-10,16,19,27,29-31H,4,11-15H2,1H3,(H,28,32)/t16-,24-/m0/s1. The number of amides is 1. The molecule has 9 nitrogen and oxygen atoms in total. The van der Waals surface area contributed by atoms with Gasteiger partial charge in [-0.25, -0.2) is 10.4 Å². The Morgan fingerprint density at radius 1 is 1.18 bits per heavy atom. The maximum atomic E-state index is 13.4. The van der Waals surface area contributed by atoms with Crippen molar-refractivity contribution < 1.29 is 29.6 Å². The van der Waals surface area contributed by atoms with Crippen LogP contribution in [-0.2, 0) is 16.0 Å². The molecule has 184 valence electrons. The molecule has 0 radical (unpaired) electrons. The fourth-order valence-corrected chi connectivity index (χ4v) is 3.93. The molecule has 2 aromatic rings. The molecule has 2 aromatic carbocycles. The van der Waals surface area contributed by atoms with Gasteiger partial charge in [0.25, 0.3) is 5.91 Å². The molecule has 0 saturated carbocycles. The average Bonchev–Trinajstić information content (AvgIpc) is 3.18. The highest BCUT2D eigenvalue weighted by atomic mass is 79.9. The van der Waals surface area contributed by atoms with E-state index in [2.05, 4.69) is 26.8 Å². The van der Waals surface area contributed by atoms with Crippen LogP contribution in [0.1, 0.15) is 24.5 Å². The van der Waals surface area contributed by atoms with Gasteiger partial charge in [0.15, 0.2) is 5.54 Å². The summed E-state index contributed by atoms with van der Waals surface area (Å²) in [7, 11) is 0. The van der Waals surface area contributed by atoms with Crippen molar-refractivity contribution in [1.29, 1.82) is 0 Å². The number of nitrogens with one attached hydrogen (secondary N) is 2. The van der Waals surface area contributed by atoms with Crippen molar-refractivity contribution in [1.82, 2.24) is 10.9 Å². The van der Waals surface area contributed by atoms with Gasteiger partial charge in [0, 0.05) is 29.5 Å². The van der Waals surface area contributed by atoms with Crippen LogP contribution in [0.25, 0.3) is 0 Å². The number of carbonyl (C=O) groups is 1. The lowest BCUT2D eigenvalue weighted by molar-refractivity contribution is -0.129. The van der Waals surface area contributed by atoms with Crippen LogP contribution < -0.4 is 15.6 Å². The lowest BCUT2D eigenvalue weighted by Gasteiger charge is -2.29. The van der Waals surface area contributed by atoms with Crippen LogP contribution in [0.15, 0.2) is 58.0 Å². The minimum Gasteiger partial charge on any atom is -0.494 e. The molecule has 1 aliphatic rings. The second-order valence-electron chi connectivity index (χ2n) is 7.98. The first-order valence-corrected chi connectivity index (χ1v) is 11.8. The quantitative estimate of drug-likeness (QED) is 0.204. The minimum atomic E-state index is -1.29. The molecule has 0 bridgehead atoms. The fraction of sp³-hybridized carbons (Fsp3) is 0.417. The van der Waals surface area contributed by atoms with Crippen LogP contribution in [0, 0.1) is 0 Å². The van der Waals surface area contributed by atoms with E-state index < -0.39 is 23.6 Å². The lowest BCUT2D eigenvalue weighted by atomic mass is 9.86. The number of aliphatic hydroxyl groups is 3. The number of benzene rings is 2. The third-order valence-corrected chi connectivity index (χ3v) is 6.35. The topological polar surface area (TPSA) is 133 Å². The molecule has 0 fully saturated rings. The molecule has 10 heteroatoms. The predicted octanol–water partition coefficient (Wildman–Crippen LogP) is 1.33. The molecule has 5 N–H and O–H groups in total. The van der Waals surface area contributed by atoms with Crippen molar-refractivity contribution in [2.75, 3.05) is 26.4 Å². The monoisotopic (exact) mass is 535 g/mol. The number of aliphatic imine (C=N–C) groups is 1. The van der Waals surface area contributed by atoms with Gasteiger partial charge in [0.1, 0.15) is 11.9 Å². The number of rotatable bonds is 12. The van der Waals surface area contributed by atoms with E-state index in [0.29, 0.717) is 30.2 Å². The molecule has 34 heavy (non-hydrogen) atoms. The Bertz CT molecular complexity index is 983. The van der Waals surface area contributed by atoms with Gasteiger partial charge in [-0.15, -0.1) is 0 Å². The zero-order valence-corrected chi connectivity index (χ0v) is 20.5. The van der Waals surface area contributed by atoms with E-state index in [1.54, 1.807) is 31.2 Å². The zero-order chi connectivity index (χ0) is 24.6. The summed E-state index contributed by atoms with van der Waals surface area (Å²) in [6.07, 6.45) is 0.208. The SMILES string of the molecule is C[C@@H]1OC(c2ccc(OCCCO)cc2)=N[C@]1(Cc1ccccc1Br)C(=O)NNC(CO)CO. The van der Waals surface area contributed by atoms with Crippen molar-refractivity contribution in [2.24, 2.45) is 4.99 Å². The third kappa shape index (κ3) is 6.13. The average molecular weight is 536 g/mol. The van der Waals surface area contributed by atoms with Crippen molar-refractivity contribution in [3.8, 4) is 5.75 Å². The number of halogens is 1. The molecule has 1 aliphatic heterocycles.